The summed E-state index contributed by atoms with van der Waals surface area (Å²) in [5, 5.41) is 23.9. The summed E-state index contributed by atoms with van der Waals surface area (Å²) >= 11 is 0. The highest BCUT2D eigenvalue weighted by atomic mass is 19.4. The maximum absolute atomic E-state index is 14.5. The fourth-order valence-corrected chi connectivity index (χ4v) is 10.7. The fourth-order valence-electron chi connectivity index (χ4n) is 10.7. The van der Waals surface area contributed by atoms with Crippen molar-refractivity contribution in [1.29, 1.82) is 0 Å². The standard InChI is InChI=1S/C52H73F4NO14/c1-10-34-18-28(2)17-29(3)19-44(66-8)47-45(67-9)21-31(5)51(64,71-47)48(61)49(62)57-16-12-11-13-38(57)50(63)69-46(32(6)39(58)26-40(34)59)30(4)20-33-14-15-42(43(22-33)65-7)68-27-41(60)35-23-36(53)25-37(24-35)70-52(54,55)56/h18,20,23-25,29,31-34,38-39,42-47,58,64H,10-17,19,21-22,26-27H2,1-9H3/b28-18+,30-20?. The van der Waals surface area contributed by atoms with Gasteiger partial charge in [0.15, 0.2) is 5.78 Å². The van der Waals surface area contributed by atoms with E-state index in [2.05, 4.69) is 4.74 Å². The molecule has 15 nitrogen and oxygen atoms in total. The SMILES string of the molecule is CCC1/C=C(\C)CC(C)CC(OC)C2OC(O)(C(=O)C(=O)N3CCCCC3C(=O)OC(C(C)=CC3CCC(OCC(=O)c4cc(F)cc(OC(F)(F)F)c4)C(OC)C3)C(C)C(O)CC1=O)C(C)CC2OC. The molecule has 1 saturated carbocycles. The van der Waals surface area contributed by atoms with E-state index >= 15 is 0 Å². The number of fused-ring (bicyclic) bond motifs is 3. The molecule has 1 aromatic rings. The number of halogens is 4. The summed E-state index contributed by atoms with van der Waals surface area (Å²) in [6.07, 6.45) is -3.46. The molecule has 2 N–H and O–H groups in total. The summed E-state index contributed by atoms with van der Waals surface area (Å²) < 4.78 is 92.3. The van der Waals surface area contributed by atoms with E-state index < -0.39 is 120 Å². The molecule has 0 spiro atoms. The smallest absolute Gasteiger partial charge is 0.456 e. The third kappa shape index (κ3) is 14.8. The van der Waals surface area contributed by atoms with Crippen molar-refractivity contribution in [2.24, 2.45) is 29.6 Å². The number of benzene rings is 1. The number of amides is 1. The van der Waals surface area contributed by atoms with Gasteiger partial charge < -0.3 is 48.3 Å². The van der Waals surface area contributed by atoms with Crippen LogP contribution in [0.4, 0.5) is 17.6 Å². The van der Waals surface area contributed by atoms with Crippen LogP contribution in [0.2, 0.25) is 0 Å². The molecule has 3 fully saturated rings. The van der Waals surface area contributed by atoms with Crippen molar-refractivity contribution in [2.75, 3.05) is 34.5 Å². The van der Waals surface area contributed by atoms with Gasteiger partial charge in [0, 0.05) is 63.7 Å². The number of carbonyl (C=O) groups is 5. The molecular weight excluding hydrogens is 939 g/mol. The van der Waals surface area contributed by atoms with Gasteiger partial charge in [-0.25, -0.2) is 9.18 Å². The number of nitrogens with zero attached hydrogens (tertiary/aromatic N) is 1. The Bertz CT molecular complexity index is 2100. The van der Waals surface area contributed by atoms with Gasteiger partial charge >= 0.3 is 12.3 Å². The van der Waals surface area contributed by atoms with Crippen LogP contribution in [0.1, 0.15) is 123 Å². The number of aliphatic hydroxyl groups excluding tert-OH is 1. The number of cyclic esters (lactones) is 1. The Morgan fingerprint density at radius 1 is 0.915 bits per heavy atom. The molecule has 5 rings (SSSR count). The topological polar surface area (TPSA) is 194 Å². The fraction of sp³-hybridized carbons (Fsp3) is 0.712. The third-order valence-corrected chi connectivity index (χ3v) is 14.7. The van der Waals surface area contributed by atoms with Gasteiger partial charge in [0.2, 0.25) is 5.79 Å². The zero-order chi connectivity index (χ0) is 52.5. The Balaban J connectivity index is 1.43. The van der Waals surface area contributed by atoms with E-state index in [4.69, 9.17) is 28.4 Å². The summed E-state index contributed by atoms with van der Waals surface area (Å²) in [4.78, 5) is 71.3. The Morgan fingerprint density at radius 3 is 2.24 bits per heavy atom. The summed E-state index contributed by atoms with van der Waals surface area (Å²) in [7, 11) is 4.45. The lowest BCUT2D eigenvalue weighted by Crippen LogP contribution is -2.64. The van der Waals surface area contributed by atoms with Gasteiger partial charge in [0.25, 0.3) is 11.7 Å². The third-order valence-electron chi connectivity index (χ3n) is 14.7. The van der Waals surface area contributed by atoms with Gasteiger partial charge in [0.05, 0.1) is 30.5 Å². The van der Waals surface area contributed by atoms with Gasteiger partial charge in [-0.3, -0.25) is 19.2 Å². The summed E-state index contributed by atoms with van der Waals surface area (Å²) in [6.45, 7) is 10.3. The number of piperidine rings is 1. The largest absolute Gasteiger partial charge is 0.573 e. The minimum absolute atomic E-state index is 0.0130. The number of esters is 1. The maximum Gasteiger partial charge on any atom is 0.573 e. The quantitative estimate of drug-likeness (QED) is 0.0731. The number of allylic oxidation sites excluding steroid dienone is 3. The number of ether oxygens (including phenoxy) is 7. The number of alkyl halides is 3. The highest BCUT2D eigenvalue weighted by Crippen LogP contribution is 2.40. The second-order valence-corrected chi connectivity index (χ2v) is 20.1. The van der Waals surface area contributed by atoms with E-state index in [9.17, 15) is 51.7 Å². The minimum atomic E-state index is -5.10. The van der Waals surface area contributed by atoms with Crippen LogP contribution in [0.25, 0.3) is 0 Å². The molecule has 3 aliphatic heterocycles. The lowest BCUT2D eigenvalue weighted by Gasteiger charge is -2.47. The van der Waals surface area contributed by atoms with Crippen LogP contribution >= 0.6 is 0 Å². The first-order chi connectivity index (χ1) is 33.4. The molecule has 398 valence electrons. The maximum atomic E-state index is 14.5. The van der Waals surface area contributed by atoms with E-state index in [1.54, 1.807) is 20.8 Å². The van der Waals surface area contributed by atoms with Gasteiger partial charge in [-0.05, 0) is 108 Å². The average molecular weight is 1010 g/mol. The number of methoxy groups -OCH3 is 3. The lowest BCUT2D eigenvalue weighted by molar-refractivity contribution is -0.302. The first-order valence-electron chi connectivity index (χ1n) is 24.7. The number of rotatable bonds is 11. The summed E-state index contributed by atoms with van der Waals surface area (Å²) in [5.74, 6) is -11.2. The highest BCUT2D eigenvalue weighted by Gasteiger charge is 2.56. The van der Waals surface area contributed by atoms with Crippen LogP contribution in [-0.4, -0.2) is 140 Å². The molecule has 2 bridgehead atoms. The van der Waals surface area contributed by atoms with Crippen molar-refractivity contribution >= 4 is 29.2 Å². The number of ketones is 3. The minimum Gasteiger partial charge on any atom is -0.456 e. The predicted molar refractivity (Wildman–Crippen MR) is 249 cm³/mol. The van der Waals surface area contributed by atoms with Crippen molar-refractivity contribution < 1.29 is 84.9 Å². The van der Waals surface area contributed by atoms with Crippen LogP contribution in [-0.2, 0) is 47.6 Å². The van der Waals surface area contributed by atoms with E-state index in [1.807, 2.05) is 32.9 Å². The normalized spacial score (nSPS) is 35.4. The predicted octanol–water partition coefficient (Wildman–Crippen LogP) is 7.42. The van der Waals surface area contributed by atoms with Crippen molar-refractivity contribution in [3.05, 3.63) is 52.9 Å². The molecular formula is C52H73F4NO14. The number of hydrogen-bond acceptors (Lipinski definition) is 14. The molecule has 1 aliphatic carbocycles. The highest BCUT2D eigenvalue weighted by molar-refractivity contribution is 6.39. The van der Waals surface area contributed by atoms with Crippen LogP contribution in [0.5, 0.6) is 5.75 Å². The molecule has 14 unspecified atom stereocenters. The molecule has 3 heterocycles. The molecule has 4 aliphatic rings. The molecule has 1 amide bonds. The zero-order valence-electron chi connectivity index (χ0n) is 42.3. The number of hydrogen-bond donors (Lipinski definition) is 2. The molecule has 1 aromatic carbocycles. The van der Waals surface area contributed by atoms with Gasteiger partial charge in [-0.15, -0.1) is 13.2 Å². The lowest BCUT2D eigenvalue weighted by atomic mass is 9.81. The van der Waals surface area contributed by atoms with Crippen LogP contribution < -0.4 is 4.74 Å². The second-order valence-electron chi connectivity index (χ2n) is 20.1. The Morgan fingerprint density at radius 2 is 1.59 bits per heavy atom. The molecule has 19 heteroatoms. The molecule has 2 saturated heterocycles. The van der Waals surface area contributed by atoms with Gasteiger partial charge in [-0.1, -0.05) is 45.4 Å². The second kappa shape index (κ2) is 25.2. The van der Waals surface area contributed by atoms with Gasteiger partial charge in [0.1, 0.15) is 42.2 Å². The molecule has 0 radical (unpaired) electrons. The van der Waals surface area contributed by atoms with E-state index in [0.717, 1.165) is 22.6 Å². The van der Waals surface area contributed by atoms with E-state index in [1.165, 1.54) is 21.3 Å². The van der Waals surface area contributed by atoms with Crippen molar-refractivity contribution in [3.63, 3.8) is 0 Å². The first kappa shape index (κ1) is 57.8. The molecule has 71 heavy (non-hydrogen) atoms. The van der Waals surface area contributed by atoms with E-state index in [0.29, 0.717) is 63.0 Å². The zero-order valence-corrected chi connectivity index (χ0v) is 42.3. The van der Waals surface area contributed by atoms with Crippen LogP contribution in [0.15, 0.2) is 41.5 Å². The van der Waals surface area contributed by atoms with E-state index in [-0.39, 0.29) is 49.0 Å². The monoisotopic (exact) mass is 1010 g/mol. The molecule has 14 atom stereocenters. The first-order valence-corrected chi connectivity index (χ1v) is 24.7. The van der Waals surface area contributed by atoms with Crippen LogP contribution in [0, 0.1) is 35.4 Å². The Labute approximate surface area is 413 Å². The van der Waals surface area contributed by atoms with Crippen molar-refractivity contribution in [1.82, 2.24) is 4.90 Å². The average Bonchev–Trinajstić information content (AvgIpc) is 3.32. The summed E-state index contributed by atoms with van der Waals surface area (Å²) in [5.41, 5.74) is 1.09. The number of aliphatic hydroxyl groups is 2. The molecule has 0 aromatic heterocycles. The van der Waals surface area contributed by atoms with Crippen LogP contribution in [0.3, 0.4) is 0 Å². The Kier molecular flexibility index (Phi) is 20.5. The van der Waals surface area contributed by atoms with Gasteiger partial charge in [-0.2, -0.15) is 0 Å². The number of Topliss-reactive ketones (excluding diaryl/α,β-unsaturated/α-hetero) is 3. The van der Waals surface area contributed by atoms with Crippen molar-refractivity contribution in [2.45, 2.75) is 173 Å². The summed E-state index contributed by atoms with van der Waals surface area (Å²) in [6, 6.07) is 0.840. The Hall–Kier alpha value is -4.11. The number of carbonyl (C=O) groups excluding carboxylic acids is 5. The van der Waals surface area contributed by atoms with Crippen molar-refractivity contribution in [3.8, 4) is 5.75 Å².